The molecule has 150 valence electrons. The van der Waals surface area contributed by atoms with Crippen molar-refractivity contribution in [1.82, 2.24) is 14.9 Å². The topological polar surface area (TPSA) is 114 Å². The minimum Gasteiger partial charge on any atom is -0.383 e. The molecule has 0 radical (unpaired) electrons. The smallest absolute Gasteiger partial charge is 0.251 e. The minimum atomic E-state index is -3.66. The first kappa shape index (κ1) is 21.3. The summed E-state index contributed by atoms with van der Waals surface area (Å²) >= 11 is 0. The zero-order valence-electron chi connectivity index (χ0n) is 15.4. The van der Waals surface area contributed by atoms with Gasteiger partial charge in [0.25, 0.3) is 5.91 Å². The maximum absolute atomic E-state index is 12.3. The van der Waals surface area contributed by atoms with E-state index in [0.717, 1.165) is 0 Å². The Labute approximate surface area is 159 Å². The molecule has 1 heterocycles. The van der Waals surface area contributed by atoms with Crippen molar-refractivity contribution in [1.29, 1.82) is 0 Å². The van der Waals surface area contributed by atoms with E-state index in [4.69, 9.17) is 9.47 Å². The molecule has 27 heavy (non-hydrogen) atoms. The Morgan fingerprint density at radius 1 is 1.22 bits per heavy atom. The van der Waals surface area contributed by atoms with Crippen LogP contribution >= 0.6 is 0 Å². The molecule has 0 aromatic heterocycles. The molecule has 10 heteroatoms. The normalized spacial score (nSPS) is 16.0. The van der Waals surface area contributed by atoms with Crippen LogP contribution in [0, 0.1) is 0 Å². The molecule has 0 spiro atoms. The number of amides is 2. The van der Waals surface area contributed by atoms with E-state index >= 15 is 0 Å². The number of morpholine rings is 1. The molecule has 2 rings (SSSR count). The van der Waals surface area contributed by atoms with Crippen molar-refractivity contribution >= 4 is 21.8 Å². The second kappa shape index (κ2) is 9.79. The molecule has 1 fully saturated rings. The maximum atomic E-state index is 12.3. The molecule has 9 nitrogen and oxygen atoms in total. The molecule has 1 aromatic carbocycles. The molecule has 0 aliphatic carbocycles. The fourth-order valence-corrected chi connectivity index (χ4v) is 3.56. The predicted molar refractivity (Wildman–Crippen MR) is 97.8 cm³/mol. The van der Waals surface area contributed by atoms with Crippen LogP contribution in [0.2, 0.25) is 0 Å². The Bertz CT molecular complexity index is 744. The summed E-state index contributed by atoms with van der Waals surface area (Å²) in [7, 11) is -2.18. The molecule has 2 N–H and O–H groups in total. The highest BCUT2D eigenvalue weighted by molar-refractivity contribution is 7.89. The fourth-order valence-electron chi connectivity index (χ4n) is 2.55. The zero-order valence-corrected chi connectivity index (χ0v) is 16.3. The third kappa shape index (κ3) is 5.99. The Morgan fingerprint density at radius 3 is 2.44 bits per heavy atom. The molecule has 1 aliphatic rings. The van der Waals surface area contributed by atoms with Crippen LogP contribution in [-0.4, -0.2) is 77.7 Å². The highest BCUT2D eigenvalue weighted by Gasteiger charge is 2.24. The molecule has 1 saturated heterocycles. The molecule has 1 aromatic rings. The van der Waals surface area contributed by atoms with Crippen molar-refractivity contribution in [2.45, 2.75) is 17.9 Å². The number of rotatable bonds is 8. The first-order chi connectivity index (χ1) is 12.8. The number of benzene rings is 1. The summed E-state index contributed by atoms with van der Waals surface area (Å²) in [4.78, 5) is 26.4. The number of ether oxygens (including phenoxy) is 2. The lowest BCUT2D eigenvalue weighted by Gasteiger charge is -2.29. The number of hydrogen-bond donors (Lipinski definition) is 2. The average Bonchev–Trinajstić information content (AvgIpc) is 2.68. The second-order valence-corrected chi connectivity index (χ2v) is 7.81. The highest BCUT2D eigenvalue weighted by atomic mass is 32.2. The van der Waals surface area contributed by atoms with Gasteiger partial charge in [-0.1, -0.05) is 0 Å². The van der Waals surface area contributed by atoms with Crippen LogP contribution < -0.4 is 10.0 Å². The SMILES string of the molecule is COCCNS(=O)(=O)c1ccc(C(=O)NC(C)C(=O)N2CCOCC2)cc1. The predicted octanol–water partition coefficient (Wildman–Crippen LogP) is -0.412. The third-order valence-corrected chi connectivity index (χ3v) is 5.54. The van der Waals surface area contributed by atoms with Gasteiger partial charge in [-0.2, -0.15) is 0 Å². The largest absolute Gasteiger partial charge is 0.383 e. The van der Waals surface area contributed by atoms with Gasteiger partial charge in [-0.3, -0.25) is 9.59 Å². The van der Waals surface area contributed by atoms with Crippen molar-refractivity contribution in [3.63, 3.8) is 0 Å². The minimum absolute atomic E-state index is 0.0487. The van der Waals surface area contributed by atoms with Crippen LogP contribution in [-0.2, 0) is 24.3 Å². The number of nitrogens with zero attached hydrogens (tertiary/aromatic N) is 1. The van der Waals surface area contributed by atoms with Gasteiger partial charge in [-0.25, -0.2) is 13.1 Å². The number of methoxy groups -OCH3 is 1. The number of sulfonamides is 1. The Balaban J connectivity index is 1.95. The lowest BCUT2D eigenvalue weighted by Crippen LogP contribution is -2.50. The fraction of sp³-hybridized carbons (Fsp3) is 0.529. The second-order valence-electron chi connectivity index (χ2n) is 6.05. The summed E-state index contributed by atoms with van der Waals surface area (Å²) < 4.78 is 36.6. The van der Waals surface area contributed by atoms with E-state index in [9.17, 15) is 18.0 Å². The van der Waals surface area contributed by atoms with Crippen molar-refractivity contribution < 1.29 is 27.5 Å². The van der Waals surface area contributed by atoms with E-state index in [1.165, 1.54) is 31.4 Å². The molecule has 2 amide bonds. The number of carbonyl (C=O) groups excluding carboxylic acids is 2. The molecule has 1 aliphatic heterocycles. The average molecular weight is 399 g/mol. The van der Waals surface area contributed by atoms with Crippen molar-refractivity contribution in [3.05, 3.63) is 29.8 Å². The van der Waals surface area contributed by atoms with Crippen molar-refractivity contribution in [2.24, 2.45) is 0 Å². The molecular formula is C17H25N3O6S. The summed E-state index contributed by atoms with van der Waals surface area (Å²) in [5, 5.41) is 2.64. The molecule has 1 atom stereocenters. The van der Waals surface area contributed by atoms with Gasteiger partial charge in [0.1, 0.15) is 6.04 Å². The van der Waals surface area contributed by atoms with Crippen LogP contribution in [0.1, 0.15) is 17.3 Å². The van der Waals surface area contributed by atoms with Crippen molar-refractivity contribution in [3.8, 4) is 0 Å². The molecule has 1 unspecified atom stereocenters. The first-order valence-corrected chi connectivity index (χ1v) is 10.1. The van der Waals surface area contributed by atoms with E-state index in [1.54, 1.807) is 11.8 Å². The lowest BCUT2D eigenvalue weighted by molar-refractivity contribution is -0.136. The van der Waals surface area contributed by atoms with Crippen LogP contribution in [0.25, 0.3) is 0 Å². The lowest BCUT2D eigenvalue weighted by atomic mass is 10.2. The summed E-state index contributed by atoms with van der Waals surface area (Å²) in [6.07, 6.45) is 0. The van der Waals surface area contributed by atoms with Gasteiger partial charge >= 0.3 is 0 Å². The van der Waals surface area contributed by atoms with E-state index < -0.39 is 22.0 Å². The van der Waals surface area contributed by atoms with Crippen LogP contribution in [0.4, 0.5) is 0 Å². The Morgan fingerprint density at radius 2 is 1.85 bits per heavy atom. The van der Waals surface area contributed by atoms with Gasteiger partial charge in [0.05, 0.1) is 24.7 Å². The Hall–Kier alpha value is -2.01. The van der Waals surface area contributed by atoms with E-state index in [1.807, 2.05) is 0 Å². The van der Waals surface area contributed by atoms with E-state index in [2.05, 4.69) is 10.0 Å². The van der Waals surface area contributed by atoms with Crippen LogP contribution in [0.15, 0.2) is 29.2 Å². The highest BCUT2D eigenvalue weighted by Crippen LogP contribution is 2.11. The van der Waals surface area contributed by atoms with Gasteiger partial charge in [0, 0.05) is 32.3 Å². The van der Waals surface area contributed by atoms with Gasteiger partial charge in [0.15, 0.2) is 0 Å². The van der Waals surface area contributed by atoms with Gasteiger partial charge < -0.3 is 19.7 Å². The maximum Gasteiger partial charge on any atom is 0.251 e. The molecule has 0 saturated carbocycles. The van der Waals surface area contributed by atoms with E-state index in [-0.39, 0.29) is 29.5 Å². The van der Waals surface area contributed by atoms with Gasteiger partial charge in [-0.05, 0) is 31.2 Å². The monoisotopic (exact) mass is 399 g/mol. The summed E-state index contributed by atoms with van der Waals surface area (Å²) in [5.74, 6) is -0.617. The summed E-state index contributed by atoms with van der Waals surface area (Å²) in [6, 6.07) is 4.82. The van der Waals surface area contributed by atoms with Crippen LogP contribution in [0.5, 0.6) is 0 Å². The number of nitrogens with one attached hydrogen (secondary N) is 2. The number of carbonyl (C=O) groups is 2. The quantitative estimate of drug-likeness (QED) is 0.575. The molecule has 0 bridgehead atoms. The standard InChI is InChI=1S/C17H25N3O6S/c1-13(17(22)20-8-11-26-12-9-20)19-16(21)14-3-5-15(6-4-14)27(23,24)18-7-10-25-2/h3-6,13,18H,7-12H2,1-2H3,(H,19,21). The van der Waals surface area contributed by atoms with Gasteiger partial charge in [-0.15, -0.1) is 0 Å². The third-order valence-electron chi connectivity index (χ3n) is 4.07. The Kier molecular flexibility index (Phi) is 7.72. The summed E-state index contributed by atoms with van der Waals surface area (Å²) in [5.41, 5.74) is 0.271. The molecular weight excluding hydrogens is 374 g/mol. The first-order valence-electron chi connectivity index (χ1n) is 8.61. The van der Waals surface area contributed by atoms with Gasteiger partial charge in [0.2, 0.25) is 15.9 Å². The van der Waals surface area contributed by atoms with Crippen LogP contribution in [0.3, 0.4) is 0 Å². The zero-order chi connectivity index (χ0) is 19.9. The summed E-state index contributed by atoms with van der Waals surface area (Å²) in [6.45, 7) is 4.01. The van der Waals surface area contributed by atoms with E-state index in [0.29, 0.717) is 26.3 Å². The number of hydrogen-bond acceptors (Lipinski definition) is 6. The van der Waals surface area contributed by atoms with Crippen molar-refractivity contribution in [2.75, 3.05) is 46.6 Å².